The van der Waals surface area contributed by atoms with Crippen molar-refractivity contribution in [2.45, 2.75) is 101 Å². The Balaban J connectivity index is 0.00000514. The van der Waals surface area contributed by atoms with Gasteiger partial charge in [-0.15, -0.1) is 41.3 Å². The van der Waals surface area contributed by atoms with Crippen LogP contribution >= 0.6 is 0 Å². The third-order valence-electron chi connectivity index (χ3n) is 10.6. The molecule has 7 rings (SSSR count). The van der Waals surface area contributed by atoms with E-state index in [-0.39, 0.29) is 26.3 Å². The number of hydrogen-bond acceptors (Lipinski definition) is 3. The Labute approximate surface area is 341 Å². The van der Waals surface area contributed by atoms with E-state index in [1.807, 2.05) is 18.3 Å². The van der Waals surface area contributed by atoms with Gasteiger partial charge in [0.15, 0.2) is 0 Å². The number of rotatable bonds is 12. The van der Waals surface area contributed by atoms with E-state index in [1.165, 1.54) is 44.8 Å². The Hall–Kier alpha value is -4.50. The summed E-state index contributed by atoms with van der Waals surface area (Å²) in [6.45, 7) is 22.5. The minimum Gasteiger partial charge on any atom is -0.509 e. The number of ether oxygens (including phenoxy) is 1. The van der Waals surface area contributed by atoms with Gasteiger partial charge in [0.25, 0.3) is 0 Å². The van der Waals surface area contributed by atoms with E-state index in [4.69, 9.17) is 14.8 Å². The average molecular weight is 821 g/mol. The third kappa shape index (κ3) is 8.37. The first-order chi connectivity index (χ1) is 25.9. The normalized spacial score (nSPS) is 11.7. The minimum atomic E-state index is 0. The zero-order valence-electron chi connectivity index (χ0n) is 34.1. The number of benzene rings is 4. The fourth-order valence-electron chi connectivity index (χ4n) is 7.81. The Bertz CT molecular complexity index is 2440. The average Bonchev–Trinajstić information content (AvgIpc) is 3.64. The summed E-state index contributed by atoms with van der Waals surface area (Å²) in [5.74, 6) is 3.56. The zero-order valence-corrected chi connectivity index (χ0v) is 35.6. The quantitative estimate of drug-likeness (QED) is 0.0911. The van der Waals surface area contributed by atoms with Crippen molar-refractivity contribution in [3.05, 3.63) is 130 Å². The molecule has 3 heterocycles. The van der Waals surface area contributed by atoms with Crippen LogP contribution in [0.1, 0.15) is 99.5 Å². The molecule has 0 unspecified atom stereocenters. The van der Waals surface area contributed by atoms with E-state index in [0.29, 0.717) is 23.3 Å². The number of pyridine rings is 1. The summed E-state index contributed by atoms with van der Waals surface area (Å²) < 4.78 is 11.1. The molecule has 7 aromatic rings. The number of aromatic nitrogens is 4. The summed E-state index contributed by atoms with van der Waals surface area (Å²) in [5.41, 5.74) is 14.2. The number of hydrogen-bond donors (Lipinski definition) is 0. The summed E-state index contributed by atoms with van der Waals surface area (Å²) in [5, 5.41) is 7.75. The molecular weight excluding hydrogens is 767 g/mol. The molecule has 4 aromatic carbocycles. The maximum absolute atomic E-state index is 6.75. The van der Waals surface area contributed by atoms with E-state index in [1.54, 1.807) is 0 Å². The van der Waals surface area contributed by atoms with Crippen molar-refractivity contribution < 1.29 is 25.2 Å². The first-order valence-corrected chi connectivity index (χ1v) is 19.7. The predicted octanol–water partition coefficient (Wildman–Crippen LogP) is 13.0. The Morgan fingerprint density at radius 1 is 0.691 bits per heavy atom. The van der Waals surface area contributed by atoms with Crippen LogP contribution in [0.25, 0.3) is 44.4 Å². The fraction of sp³-hybridized carbons (Fsp3) is 0.347. The summed E-state index contributed by atoms with van der Waals surface area (Å²) in [6.07, 6.45) is 5.86. The van der Waals surface area contributed by atoms with Gasteiger partial charge >= 0.3 is 20.4 Å². The van der Waals surface area contributed by atoms with Crippen LogP contribution in [-0.2, 0) is 33.3 Å². The zero-order chi connectivity index (χ0) is 38.3. The Morgan fingerprint density at radius 2 is 1.40 bits per heavy atom. The molecule has 0 aliphatic rings. The predicted molar refractivity (Wildman–Crippen MR) is 225 cm³/mol. The smallest absolute Gasteiger partial charge is 0.509 e. The first-order valence-electron chi connectivity index (χ1n) is 19.7. The summed E-state index contributed by atoms with van der Waals surface area (Å²) in [6, 6.07) is 33.1. The molecule has 0 aliphatic carbocycles. The summed E-state index contributed by atoms with van der Waals surface area (Å²) in [7, 11) is 0. The van der Waals surface area contributed by atoms with Gasteiger partial charge in [-0.3, -0.25) is 4.68 Å². The van der Waals surface area contributed by atoms with Crippen molar-refractivity contribution in [2.24, 2.45) is 11.8 Å². The van der Waals surface area contributed by atoms with E-state index in [0.717, 1.165) is 64.6 Å². The topological polar surface area (TPSA) is 44.9 Å². The molecule has 5 nitrogen and oxygen atoms in total. The third-order valence-corrected chi connectivity index (χ3v) is 10.6. The number of fused-ring (bicyclic) bond motifs is 3. The standard InChI is InChI=1S/C49H54N4O.Pd/c1-30(2)15-19-43-49(48-35(9)23-34(8)24-36(48)10)45(20-16-31(3)4)53(51-43)38-26-37(32(5)6)27-40(28-38)54-39-17-18-42-41-13-11-12-14-44(41)52(46(42)29-39)47-25-33(7)21-22-50-47;/h11-14,17-18,21-27,30-32H,15-16,19-20H2,1-10H3;/q-2;+2. The molecule has 6 heteroatoms. The van der Waals surface area contributed by atoms with Gasteiger partial charge in [0.05, 0.1) is 5.69 Å². The molecule has 0 amide bonds. The summed E-state index contributed by atoms with van der Waals surface area (Å²) >= 11 is 0. The van der Waals surface area contributed by atoms with Crippen molar-refractivity contribution in [2.75, 3.05) is 0 Å². The van der Waals surface area contributed by atoms with Crippen LogP contribution in [-0.4, -0.2) is 19.3 Å². The maximum Gasteiger partial charge on any atom is 2.00 e. The van der Waals surface area contributed by atoms with Crippen LogP contribution in [0.4, 0.5) is 0 Å². The second-order valence-electron chi connectivity index (χ2n) is 16.4. The van der Waals surface area contributed by atoms with E-state index in [2.05, 4.69) is 151 Å². The molecule has 0 bridgehead atoms. The Kier molecular flexibility index (Phi) is 12.2. The SMILES string of the molecule is Cc1ccnc(-n2c3[c-]c(Oc4[c-]c(-n5nc(CCC(C)C)c(-c6c(C)cc(C)cc6C)c5CCC(C)C)cc(C(C)C)c4)ccc3c3ccccc32)c1.[Pd+2]. The van der Waals surface area contributed by atoms with Gasteiger partial charge in [-0.2, -0.15) is 11.2 Å². The van der Waals surface area contributed by atoms with Crippen LogP contribution in [0, 0.1) is 51.7 Å². The number of para-hydroxylation sites is 1. The first kappa shape index (κ1) is 40.2. The molecule has 286 valence electrons. The molecule has 0 spiro atoms. The molecule has 55 heavy (non-hydrogen) atoms. The fourth-order valence-corrected chi connectivity index (χ4v) is 7.81. The van der Waals surface area contributed by atoms with Crippen molar-refractivity contribution in [1.82, 2.24) is 19.3 Å². The summed E-state index contributed by atoms with van der Waals surface area (Å²) in [4.78, 5) is 4.76. The van der Waals surface area contributed by atoms with Gasteiger partial charge in [-0.25, -0.2) is 4.98 Å². The van der Waals surface area contributed by atoms with Gasteiger partial charge in [-0.1, -0.05) is 83.0 Å². The van der Waals surface area contributed by atoms with E-state index in [9.17, 15) is 0 Å². The second-order valence-corrected chi connectivity index (χ2v) is 16.4. The van der Waals surface area contributed by atoms with Gasteiger partial charge < -0.3 is 9.30 Å². The minimum absolute atomic E-state index is 0. The molecule has 0 aliphatic heterocycles. The van der Waals surface area contributed by atoms with Gasteiger partial charge in [0, 0.05) is 34.5 Å². The van der Waals surface area contributed by atoms with Crippen LogP contribution in [0.2, 0.25) is 0 Å². The van der Waals surface area contributed by atoms with Crippen LogP contribution in [0.15, 0.2) is 79.0 Å². The molecule has 3 aromatic heterocycles. The van der Waals surface area contributed by atoms with Crippen molar-refractivity contribution in [3.63, 3.8) is 0 Å². The van der Waals surface area contributed by atoms with Crippen LogP contribution in [0.3, 0.4) is 0 Å². The van der Waals surface area contributed by atoms with Crippen molar-refractivity contribution in [3.8, 4) is 34.1 Å². The van der Waals surface area contributed by atoms with E-state index >= 15 is 0 Å². The molecule has 0 saturated heterocycles. The molecule has 0 fully saturated rings. The van der Waals surface area contributed by atoms with Crippen LogP contribution in [0.5, 0.6) is 11.5 Å². The maximum atomic E-state index is 6.75. The molecule has 0 atom stereocenters. The van der Waals surface area contributed by atoms with Gasteiger partial charge in [-0.05, 0) is 123 Å². The van der Waals surface area contributed by atoms with Crippen LogP contribution < -0.4 is 4.74 Å². The Morgan fingerprint density at radius 3 is 2.09 bits per heavy atom. The molecule has 0 radical (unpaired) electrons. The van der Waals surface area contributed by atoms with Gasteiger partial charge in [0.1, 0.15) is 5.82 Å². The molecular formula is C49H54N4OPd. The monoisotopic (exact) mass is 820 g/mol. The number of aryl methyl sites for hydroxylation is 5. The largest absolute Gasteiger partial charge is 2.00 e. The number of nitrogens with zero attached hydrogens (tertiary/aromatic N) is 4. The molecule has 0 saturated carbocycles. The van der Waals surface area contributed by atoms with E-state index < -0.39 is 0 Å². The van der Waals surface area contributed by atoms with Crippen molar-refractivity contribution in [1.29, 1.82) is 0 Å². The molecule has 0 N–H and O–H groups in total. The van der Waals surface area contributed by atoms with Gasteiger partial charge in [0.2, 0.25) is 0 Å². The second kappa shape index (κ2) is 16.7. The van der Waals surface area contributed by atoms with Crippen molar-refractivity contribution >= 4 is 21.8 Å².